The van der Waals surface area contributed by atoms with Crippen LogP contribution in [0.15, 0.2) is 48.5 Å². The molecule has 0 N–H and O–H groups in total. The lowest BCUT2D eigenvalue weighted by molar-refractivity contribution is 0.415. The second-order valence-electron chi connectivity index (χ2n) is 6.38. The summed E-state index contributed by atoms with van der Waals surface area (Å²) in [7, 11) is 1.72. The van der Waals surface area contributed by atoms with Crippen molar-refractivity contribution in [2.24, 2.45) is 0 Å². The van der Waals surface area contributed by atoms with E-state index in [0.29, 0.717) is 5.92 Å². The average Bonchev–Trinajstić information content (AvgIpc) is 3.23. The topological polar surface area (TPSA) is 27.1 Å². The molecule has 1 aliphatic rings. The quantitative estimate of drug-likeness (QED) is 0.695. The normalized spacial score (nSPS) is 15.3. The summed E-state index contributed by atoms with van der Waals surface area (Å²) >= 11 is 0. The van der Waals surface area contributed by atoms with Crippen LogP contribution in [-0.4, -0.2) is 16.7 Å². The molecular formula is C20H22N2O. The van der Waals surface area contributed by atoms with Crippen LogP contribution in [0.1, 0.15) is 43.0 Å². The van der Waals surface area contributed by atoms with E-state index in [4.69, 9.17) is 9.72 Å². The predicted molar refractivity (Wildman–Crippen MR) is 93.0 cm³/mol. The van der Waals surface area contributed by atoms with Gasteiger partial charge in [0.25, 0.3) is 0 Å². The van der Waals surface area contributed by atoms with Crippen molar-refractivity contribution in [2.75, 3.05) is 7.11 Å². The Hall–Kier alpha value is -2.29. The van der Waals surface area contributed by atoms with Gasteiger partial charge in [0.15, 0.2) is 0 Å². The maximum atomic E-state index is 5.42. The highest BCUT2D eigenvalue weighted by molar-refractivity contribution is 5.78. The van der Waals surface area contributed by atoms with Gasteiger partial charge in [0, 0.05) is 18.5 Å². The van der Waals surface area contributed by atoms with Crippen molar-refractivity contribution in [1.29, 1.82) is 0 Å². The lowest BCUT2D eigenvalue weighted by Gasteiger charge is -2.14. The molecule has 1 aliphatic carbocycles. The third kappa shape index (κ3) is 2.72. The van der Waals surface area contributed by atoms with Crippen LogP contribution < -0.4 is 4.74 Å². The molecule has 0 bridgehead atoms. The third-order valence-corrected chi connectivity index (χ3v) is 4.89. The van der Waals surface area contributed by atoms with Gasteiger partial charge in [0.1, 0.15) is 11.6 Å². The summed E-state index contributed by atoms with van der Waals surface area (Å²) in [5, 5.41) is 0. The number of aromatic nitrogens is 2. The lowest BCUT2D eigenvalue weighted by atomic mass is 10.1. The average molecular weight is 306 g/mol. The van der Waals surface area contributed by atoms with Crippen LogP contribution in [0.5, 0.6) is 5.75 Å². The van der Waals surface area contributed by atoms with Gasteiger partial charge in [-0.15, -0.1) is 0 Å². The molecule has 2 aromatic carbocycles. The molecule has 1 aromatic heterocycles. The Morgan fingerprint density at radius 1 is 1.09 bits per heavy atom. The largest absolute Gasteiger partial charge is 0.497 e. The van der Waals surface area contributed by atoms with Gasteiger partial charge in [-0.3, -0.25) is 0 Å². The Kier molecular flexibility index (Phi) is 3.78. The first-order chi connectivity index (χ1) is 11.3. The SMILES string of the molecule is COc1ccc2nc(C3CCCC3)n(Cc3ccccc3)c2c1. The predicted octanol–water partition coefficient (Wildman–Crippen LogP) is 4.75. The summed E-state index contributed by atoms with van der Waals surface area (Å²) in [6, 6.07) is 16.8. The molecule has 0 aliphatic heterocycles. The van der Waals surface area contributed by atoms with E-state index in [1.54, 1.807) is 7.11 Å². The summed E-state index contributed by atoms with van der Waals surface area (Å²) in [6.07, 6.45) is 5.16. The van der Waals surface area contributed by atoms with Crippen molar-refractivity contribution >= 4 is 11.0 Å². The molecule has 1 saturated carbocycles. The number of methoxy groups -OCH3 is 1. The highest BCUT2D eigenvalue weighted by Gasteiger charge is 2.24. The minimum Gasteiger partial charge on any atom is -0.497 e. The molecule has 0 atom stereocenters. The fraction of sp³-hybridized carbons (Fsp3) is 0.350. The van der Waals surface area contributed by atoms with Gasteiger partial charge in [-0.05, 0) is 30.5 Å². The van der Waals surface area contributed by atoms with Crippen LogP contribution in [0.25, 0.3) is 11.0 Å². The van der Waals surface area contributed by atoms with E-state index < -0.39 is 0 Å². The second kappa shape index (κ2) is 6.07. The lowest BCUT2D eigenvalue weighted by Crippen LogP contribution is -2.08. The standard InChI is InChI=1S/C20H22N2O/c1-23-17-11-12-18-19(13-17)22(14-15-7-3-2-4-8-15)20(21-18)16-9-5-6-10-16/h2-4,7-8,11-13,16H,5-6,9-10,14H2,1H3. The van der Waals surface area contributed by atoms with Gasteiger partial charge in [-0.2, -0.15) is 0 Å². The summed E-state index contributed by atoms with van der Waals surface area (Å²) < 4.78 is 7.81. The van der Waals surface area contributed by atoms with Crippen LogP contribution in [0.2, 0.25) is 0 Å². The molecule has 3 nitrogen and oxygen atoms in total. The molecule has 23 heavy (non-hydrogen) atoms. The molecule has 0 spiro atoms. The molecule has 0 saturated heterocycles. The van der Waals surface area contributed by atoms with Crippen LogP contribution in [-0.2, 0) is 6.54 Å². The molecule has 3 heteroatoms. The summed E-state index contributed by atoms with van der Waals surface area (Å²) in [6.45, 7) is 0.871. The van der Waals surface area contributed by atoms with Crippen LogP contribution in [0, 0.1) is 0 Å². The third-order valence-electron chi connectivity index (χ3n) is 4.89. The van der Waals surface area contributed by atoms with Gasteiger partial charge in [0.2, 0.25) is 0 Å². The fourth-order valence-electron chi connectivity index (χ4n) is 3.68. The van der Waals surface area contributed by atoms with E-state index in [1.807, 2.05) is 6.07 Å². The highest BCUT2D eigenvalue weighted by atomic mass is 16.5. The molecular weight excluding hydrogens is 284 g/mol. The Morgan fingerprint density at radius 2 is 1.87 bits per heavy atom. The molecule has 3 aromatic rings. The van der Waals surface area contributed by atoms with E-state index in [1.165, 1.54) is 42.6 Å². The van der Waals surface area contributed by atoms with Crippen LogP contribution >= 0.6 is 0 Å². The van der Waals surface area contributed by atoms with Crippen molar-refractivity contribution in [1.82, 2.24) is 9.55 Å². The first-order valence-electron chi connectivity index (χ1n) is 8.43. The number of benzene rings is 2. The zero-order valence-corrected chi connectivity index (χ0v) is 13.5. The van der Waals surface area contributed by atoms with Gasteiger partial charge < -0.3 is 9.30 Å². The summed E-state index contributed by atoms with van der Waals surface area (Å²) in [5.41, 5.74) is 3.56. The van der Waals surface area contributed by atoms with Crippen LogP contribution in [0.4, 0.5) is 0 Å². The minimum atomic E-state index is 0.595. The monoisotopic (exact) mass is 306 g/mol. The smallest absolute Gasteiger partial charge is 0.121 e. The number of ether oxygens (including phenoxy) is 1. The summed E-state index contributed by atoms with van der Waals surface area (Å²) in [4.78, 5) is 4.97. The maximum Gasteiger partial charge on any atom is 0.121 e. The molecule has 118 valence electrons. The molecule has 0 radical (unpaired) electrons. The number of nitrogens with zero attached hydrogens (tertiary/aromatic N) is 2. The van der Waals surface area contributed by atoms with Crippen molar-refractivity contribution in [3.05, 3.63) is 59.9 Å². The van der Waals surface area contributed by atoms with Gasteiger partial charge in [-0.25, -0.2) is 4.98 Å². The Labute approximate surface area is 136 Å². The van der Waals surface area contributed by atoms with E-state index in [0.717, 1.165) is 17.8 Å². The Bertz CT molecular complexity index is 801. The molecule has 0 amide bonds. The van der Waals surface area contributed by atoms with E-state index in [-0.39, 0.29) is 0 Å². The molecule has 4 rings (SSSR count). The Morgan fingerprint density at radius 3 is 2.61 bits per heavy atom. The van der Waals surface area contributed by atoms with Crippen molar-refractivity contribution in [3.8, 4) is 5.75 Å². The van der Waals surface area contributed by atoms with Gasteiger partial charge in [-0.1, -0.05) is 43.2 Å². The van der Waals surface area contributed by atoms with Gasteiger partial charge in [0.05, 0.1) is 18.1 Å². The number of hydrogen-bond donors (Lipinski definition) is 0. The molecule has 0 unspecified atom stereocenters. The first-order valence-corrected chi connectivity index (χ1v) is 8.43. The van der Waals surface area contributed by atoms with Crippen molar-refractivity contribution < 1.29 is 4.74 Å². The Balaban J connectivity index is 1.84. The van der Waals surface area contributed by atoms with E-state index >= 15 is 0 Å². The van der Waals surface area contributed by atoms with E-state index in [2.05, 4.69) is 47.0 Å². The molecule has 1 fully saturated rings. The van der Waals surface area contributed by atoms with Crippen LogP contribution in [0.3, 0.4) is 0 Å². The number of hydrogen-bond acceptors (Lipinski definition) is 2. The summed E-state index contributed by atoms with van der Waals surface area (Å²) in [5.74, 6) is 2.73. The van der Waals surface area contributed by atoms with E-state index in [9.17, 15) is 0 Å². The van der Waals surface area contributed by atoms with Gasteiger partial charge >= 0.3 is 0 Å². The number of rotatable bonds is 4. The number of fused-ring (bicyclic) bond motifs is 1. The minimum absolute atomic E-state index is 0.595. The van der Waals surface area contributed by atoms with Crippen molar-refractivity contribution in [2.45, 2.75) is 38.1 Å². The van der Waals surface area contributed by atoms with Crippen molar-refractivity contribution in [3.63, 3.8) is 0 Å². The fourth-order valence-corrected chi connectivity index (χ4v) is 3.68. The maximum absolute atomic E-state index is 5.42. The zero-order valence-electron chi connectivity index (χ0n) is 13.5. The second-order valence-corrected chi connectivity index (χ2v) is 6.38. The number of imidazole rings is 1. The first kappa shape index (κ1) is 14.3. The highest BCUT2D eigenvalue weighted by Crippen LogP contribution is 2.36. The molecule has 1 heterocycles. The zero-order chi connectivity index (χ0) is 15.6.